The minimum Gasteiger partial charge on any atom is -0.412 e. The second-order valence-corrected chi connectivity index (χ2v) is 4.00. The Kier molecular flexibility index (Phi) is 21.8. The summed E-state index contributed by atoms with van der Waals surface area (Å²) in [6.45, 7) is 0.226. The Labute approximate surface area is 144 Å². The maximum Gasteiger partial charge on any atom is 0.236 e. The van der Waals surface area contributed by atoms with Gasteiger partial charge in [0.2, 0.25) is 11.9 Å². The molecular weight excluding hydrogens is 338 g/mol. The van der Waals surface area contributed by atoms with E-state index in [1.165, 1.54) is 0 Å². The van der Waals surface area contributed by atoms with Gasteiger partial charge in [0.05, 0.1) is 6.54 Å². The van der Waals surface area contributed by atoms with Crippen molar-refractivity contribution in [2.24, 2.45) is 11.5 Å². The summed E-state index contributed by atoms with van der Waals surface area (Å²) < 4.78 is 0. The number of nitrogens with zero attached hydrogens (tertiary/aromatic N) is 3. The third kappa shape index (κ3) is 9.23. The first-order valence-corrected chi connectivity index (χ1v) is 5.83. The van der Waals surface area contributed by atoms with Crippen molar-refractivity contribution in [1.29, 1.82) is 0 Å². The van der Waals surface area contributed by atoms with Gasteiger partial charge in [0.25, 0.3) is 0 Å². The van der Waals surface area contributed by atoms with Crippen LogP contribution in [-0.4, -0.2) is 61.3 Å². The summed E-state index contributed by atoms with van der Waals surface area (Å²) in [5.41, 5.74) is 11.8. The molecule has 146 valence electrons. The predicted molar refractivity (Wildman–Crippen MR) is 94.3 cm³/mol. The van der Waals surface area contributed by atoms with E-state index in [9.17, 15) is 4.79 Å². The Morgan fingerprint density at radius 2 is 1.40 bits per heavy atom. The highest BCUT2D eigenvalue weighted by molar-refractivity contribution is 5.80. The fourth-order valence-corrected chi connectivity index (χ4v) is 1.63. The number of carbonyl (C=O) groups is 1. The Morgan fingerprint density at radius 1 is 0.920 bits per heavy atom. The van der Waals surface area contributed by atoms with Gasteiger partial charge in [0, 0.05) is 18.1 Å². The van der Waals surface area contributed by atoms with E-state index in [-0.39, 0.29) is 39.4 Å². The Balaban J connectivity index is -0.000000222. The smallest absolute Gasteiger partial charge is 0.236 e. The number of para-hydroxylation sites is 1. The first kappa shape index (κ1) is 33.8. The van der Waals surface area contributed by atoms with Crippen molar-refractivity contribution in [3.63, 3.8) is 0 Å². The number of carbonyl (C=O) groups excluding carboxylic acids is 1. The van der Waals surface area contributed by atoms with Gasteiger partial charge in [-0.05, 0) is 18.2 Å². The van der Waals surface area contributed by atoms with Gasteiger partial charge < -0.3 is 49.2 Å². The van der Waals surface area contributed by atoms with Crippen LogP contribution in [0, 0.1) is 0 Å². The van der Waals surface area contributed by atoms with Crippen LogP contribution < -0.4 is 16.4 Å². The number of primary amides is 1. The number of benzene rings is 1. The summed E-state index contributed by atoms with van der Waals surface area (Å²) in [7, 11) is 0. The van der Waals surface area contributed by atoms with Crippen LogP contribution in [0.4, 0.5) is 11.6 Å². The minimum atomic E-state index is -0.788. The third-order valence-corrected chi connectivity index (χ3v) is 2.61. The fraction of sp³-hybridized carbons (Fsp3) is 0.154. The lowest BCUT2D eigenvalue weighted by Gasteiger charge is -2.24. The van der Waals surface area contributed by atoms with Gasteiger partial charge in [-0.15, -0.1) is 0 Å². The largest absolute Gasteiger partial charge is 0.412 e. The zero-order valence-electron chi connectivity index (χ0n) is 13.3. The molecule has 0 aliphatic rings. The number of aromatic nitrogens is 2. The maximum atomic E-state index is 11.1. The Morgan fingerprint density at radius 3 is 1.84 bits per heavy atom. The van der Waals surface area contributed by atoms with Crippen LogP contribution in [0.25, 0.3) is 0 Å². The molecule has 0 spiro atoms. The van der Waals surface area contributed by atoms with Gasteiger partial charge in [0.1, 0.15) is 6.04 Å². The maximum absolute atomic E-state index is 11.1. The van der Waals surface area contributed by atoms with Crippen LogP contribution in [0.15, 0.2) is 48.8 Å². The van der Waals surface area contributed by atoms with E-state index in [1.807, 2.05) is 30.3 Å². The lowest BCUT2D eigenvalue weighted by atomic mass is 10.2. The van der Waals surface area contributed by atoms with Crippen LogP contribution in [-0.2, 0) is 4.79 Å². The quantitative estimate of drug-likeness (QED) is 0.527. The summed E-state index contributed by atoms with van der Waals surface area (Å²) in [6, 6.07) is 10.4. The van der Waals surface area contributed by atoms with Gasteiger partial charge >= 0.3 is 0 Å². The second-order valence-electron chi connectivity index (χ2n) is 4.00. The molecule has 0 radical (unpaired) electrons. The molecule has 1 heterocycles. The molecule has 1 aromatic heterocycles. The molecule has 0 saturated heterocycles. The average molecular weight is 365 g/mol. The molecule has 0 saturated carbocycles. The first-order valence-electron chi connectivity index (χ1n) is 5.83. The van der Waals surface area contributed by atoms with E-state index in [0.717, 1.165) is 5.69 Å². The number of anilines is 2. The third-order valence-electron chi connectivity index (χ3n) is 2.61. The van der Waals surface area contributed by atoms with Gasteiger partial charge in [-0.25, -0.2) is 9.97 Å². The molecule has 0 aliphatic heterocycles. The molecule has 12 heteroatoms. The molecule has 0 unspecified atom stereocenters. The summed E-state index contributed by atoms with van der Waals surface area (Å²) in [4.78, 5) is 21.2. The van der Waals surface area contributed by atoms with Crippen LogP contribution in [0.1, 0.15) is 0 Å². The highest BCUT2D eigenvalue weighted by Gasteiger charge is 2.18. The number of hydrogen-bond acceptors (Lipinski definition) is 5. The number of nitrogens with two attached hydrogens (primary N) is 2. The van der Waals surface area contributed by atoms with Gasteiger partial charge in [-0.1, -0.05) is 18.2 Å². The predicted octanol–water partition coefficient (Wildman–Crippen LogP) is -4.52. The number of rotatable bonds is 5. The van der Waals surface area contributed by atoms with Crippen molar-refractivity contribution in [3.8, 4) is 0 Å². The molecular formula is C13H27N5O7. The summed E-state index contributed by atoms with van der Waals surface area (Å²) in [5, 5.41) is 0. The van der Waals surface area contributed by atoms with E-state index in [0.29, 0.717) is 5.95 Å². The molecule has 1 amide bonds. The summed E-state index contributed by atoms with van der Waals surface area (Å²) in [5.74, 6) is -0.0812. The minimum absolute atomic E-state index is 0. The SMILES string of the molecule is NC(=O)[C@@H](N)CN(c1ccccc1)c1ncccn1.O.O.O.O.O.O. The molecule has 1 aromatic carbocycles. The van der Waals surface area contributed by atoms with Crippen molar-refractivity contribution in [3.05, 3.63) is 48.8 Å². The Hall–Kier alpha value is -2.71. The van der Waals surface area contributed by atoms with Crippen LogP contribution in [0.3, 0.4) is 0 Å². The zero-order valence-corrected chi connectivity index (χ0v) is 13.3. The fourth-order valence-electron chi connectivity index (χ4n) is 1.63. The average Bonchev–Trinajstić information content (AvgIpc) is 2.46. The molecule has 16 N–H and O–H groups in total. The van der Waals surface area contributed by atoms with Gasteiger partial charge in [-0.2, -0.15) is 0 Å². The molecule has 0 bridgehead atoms. The van der Waals surface area contributed by atoms with Crippen LogP contribution in [0.2, 0.25) is 0 Å². The van der Waals surface area contributed by atoms with E-state index >= 15 is 0 Å². The van der Waals surface area contributed by atoms with Crippen molar-refractivity contribution in [2.75, 3.05) is 11.4 Å². The number of hydrogen-bond donors (Lipinski definition) is 2. The molecule has 2 rings (SSSR count). The van der Waals surface area contributed by atoms with E-state index in [4.69, 9.17) is 11.5 Å². The molecule has 1 atom stereocenters. The molecule has 12 nitrogen and oxygen atoms in total. The van der Waals surface area contributed by atoms with Gasteiger partial charge in [-0.3, -0.25) is 4.79 Å². The normalized spacial score (nSPS) is 9.00. The van der Waals surface area contributed by atoms with Crippen molar-refractivity contribution >= 4 is 17.5 Å². The van der Waals surface area contributed by atoms with E-state index < -0.39 is 11.9 Å². The standard InChI is InChI=1S/C13H15N5O.6H2O/c14-11(12(15)19)9-18(10-5-2-1-3-6-10)13-16-7-4-8-17-13;;;;;;/h1-8,11H,9,14H2,(H2,15,19);6*1H2/t11-;;;;;;/m0....../s1. The molecule has 0 fully saturated rings. The summed E-state index contributed by atoms with van der Waals surface area (Å²) >= 11 is 0. The van der Waals surface area contributed by atoms with Crippen molar-refractivity contribution in [1.82, 2.24) is 9.97 Å². The van der Waals surface area contributed by atoms with Crippen LogP contribution >= 0.6 is 0 Å². The zero-order chi connectivity index (χ0) is 13.7. The molecule has 2 aromatic rings. The van der Waals surface area contributed by atoms with Gasteiger partial charge in [0.15, 0.2) is 0 Å². The Bertz CT molecular complexity index is 507. The summed E-state index contributed by atoms with van der Waals surface area (Å²) in [6.07, 6.45) is 3.27. The lowest BCUT2D eigenvalue weighted by molar-refractivity contribution is -0.119. The molecule has 25 heavy (non-hydrogen) atoms. The van der Waals surface area contributed by atoms with E-state index in [2.05, 4.69) is 9.97 Å². The monoisotopic (exact) mass is 365 g/mol. The first-order chi connectivity index (χ1) is 9.18. The highest BCUT2D eigenvalue weighted by Crippen LogP contribution is 2.20. The topological polar surface area (TPSA) is 287 Å². The van der Waals surface area contributed by atoms with Crippen LogP contribution in [0.5, 0.6) is 0 Å². The number of amides is 1. The van der Waals surface area contributed by atoms with Crippen molar-refractivity contribution < 1.29 is 37.7 Å². The second kappa shape index (κ2) is 16.2. The lowest BCUT2D eigenvalue weighted by Crippen LogP contribution is -2.45. The van der Waals surface area contributed by atoms with E-state index in [1.54, 1.807) is 23.4 Å². The molecule has 0 aliphatic carbocycles. The van der Waals surface area contributed by atoms with Crippen molar-refractivity contribution in [2.45, 2.75) is 6.04 Å². The highest BCUT2D eigenvalue weighted by atomic mass is 16.1.